The lowest BCUT2D eigenvalue weighted by molar-refractivity contribution is -0.126. The molecule has 8 heteroatoms. The molecule has 1 N–H and O–H groups in total. The van der Waals surface area contributed by atoms with Crippen LogP contribution in [0.2, 0.25) is 0 Å². The van der Waals surface area contributed by atoms with E-state index in [2.05, 4.69) is 22.3 Å². The first-order chi connectivity index (χ1) is 20.5. The highest BCUT2D eigenvalue weighted by Gasteiger charge is 2.34. The Morgan fingerprint density at radius 1 is 0.905 bits per heavy atom. The smallest absolute Gasteiger partial charge is 0.248 e. The number of rotatable bonds is 11. The van der Waals surface area contributed by atoms with Crippen LogP contribution in [0.5, 0.6) is 11.5 Å². The van der Waals surface area contributed by atoms with Gasteiger partial charge in [0.15, 0.2) is 11.5 Å². The lowest BCUT2D eigenvalue weighted by atomic mass is 10.0. The van der Waals surface area contributed by atoms with Crippen LogP contribution < -0.4 is 24.6 Å². The molecule has 1 heterocycles. The van der Waals surface area contributed by atoms with Crippen molar-refractivity contribution in [2.24, 2.45) is 0 Å². The van der Waals surface area contributed by atoms with Crippen molar-refractivity contribution in [2.45, 2.75) is 25.4 Å². The zero-order valence-electron chi connectivity index (χ0n) is 23.8. The van der Waals surface area contributed by atoms with Gasteiger partial charge in [0.2, 0.25) is 11.8 Å². The fourth-order valence-corrected chi connectivity index (χ4v) is 5.35. The predicted octanol–water partition coefficient (Wildman–Crippen LogP) is 5.69. The van der Waals surface area contributed by atoms with Crippen molar-refractivity contribution in [1.29, 1.82) is 0 Å². The summed E-state index contributed by atoms with van der Waals surface area (Å²) < 4.78 is 24.9. The molecule has 7 nitrogen and oxygen atoms in total. The topological polar surface area (TPSA) is 71.1 Å². The van der Waals surface area contributed by atoms with Crippen molar-refractivity contribution in [3.63, 3.8) is 0 Å². The van der Waals surface area contributed by atoms with Crippen molar-refractivity contribution in [3.05, 3.63) is 120 Å². The second-order valence-corrected chi connectivity index (χ2v) is 10.1. The molecule has 0 spiro atoms. The summed E-state index contributed by atoms with van der Waals surface area (Å²) in [5.41, 5.74) is 4.24. The Morgan fingerprint density at radius 2 is 1.62 bits per heavy atom. The van der Waals surface area contributed by atoms with Gasteiger partial charge in [-0.15, -0.1) is 0 Å². The highest BCUT2D eigenvalue weighted by Crippen LogP contribution is 2.35. The molecule has 0 unspecified atom stereocenters. The third-order valence-corrected chi connectivity index (χ3v) is 7.49. The number of carbonyl (C=O) groups excluding carboxylic acids is 2. The summed E-state index contributed by atoms with van der Waals surface area (Å²) in [6, 6.07) is 27.5. The van der Waals surface area contributed by atoms with Crippen LogP contribution in [0.25, 0.3) is 0 Å². The second-order valence-electron chi connectivity index (χ2n) is 10.1. The van der Waals surface area contributed by atoms with Gasteiger partial charge in [0.25, 0.3) is 0 Å². The van der Waals surface area contributed by atoms with Gasteiger partial charge >= 0.3 is 0 Å². The molecule has 0 bridgehead atoms. The van der Waals surface area contributed by atoms with E-state index in [9.17, 15) is 14.0 Å². The number of ether oxygens (including phenoxy) is 2. The number of anilines is 2. The number of hydrogen-bond donors (Lipinski definition) is 1. The van der Waals surface area contributed by atoms with Gasteiger partial charge in [0.05, 0.1) is 14.2 Å². The highest BCUT2D eigenvalue weighted by molar-refractivity contribution is 6.01. The Hall–Kier alpha value is -4.85. The summed E-state index contributed by atoms with van der Waals surface area (Å²) >= 11 is 0. The number of fused-ring (bicyclic) bond motifs is 1. The molecule has 216 valence electrons. The van der Waals surface area contributed by atoms with Crippen LogP contribution in [0.1, 0.15) is 29.2 Å². The molecule has 0 saturated heterocycles. The van der Waals surface area contributed by atoms with Crippen LogP contribution in [0, 0.1) is 5.82 Å². The monoisotopic (exact) mass is 567 g/mol. The number of benzene rings is 4. The van der Waals surface area contributed by atoms with E-state index < -0.39 is 11.9 Å². The van der Waals surface area contributed by atoms with Crippen LogP contribution in [0.15, 0.2) is 97.1 Å². The first-order valence-corrected chi connectivity index (χ1v) is 13.9. The third-order valence-electron chi connectivity index (χ3n) is 7.49. The normalized spacial score (nSPS) is 12.8. The molecular formula is C34H34FN3O4. The first kappa shape index (κ1) is 28.7. The van der Waals surface area contributed by atoms with Crippen molar-refractivity contribution < 1.29 is 23.5 Å². The first-order valence-electron chi connectivity index (χ1n) is 13.9. The van der Waals surface area contributed by atoms with Gasteiger partial charge in [-0.3, -0.25) is 14.5 Å². The second kappa shape index (κ2) is 13.2. The summed E-state index contributed by atoms with van der Waals surface area (Å²) in [6.45, 7) is 1.58. The van der Waals surface area contributed by atoms with Gasteiger partial charge in [-0.25, -0.2) is 4.39 Å². The van der Waals surface area contributed by atoms with E-state index in [-0.39, 0.29) is 24.8 Å². The van der Waals surface area contributed by atoms with Gasteiger partial charge in [-0.2, -0.15) is 0 Å². The molecule has 1 atom stereocenters. The van der Waals surface area contributed by atoms with E-state index in [0.29, 0.717) is 29.3 Å². The van der Waals surface area contributed by atoms with E-state index in [1.54, 1.807) is 18.2 Å². The van der Waals surface area contributed by atoms with Crippen molar-refractivity contribution in [2.75, 3.05) is 37.1 Å². The van der Waals surface area contributed by atoms with Crippen LogP contribution in [-0.4, -0.2) is 39.1 Å². The Bertz CT molecular complexity index is 1530. The van der Waals surface area contributed by atoms with Gasteiger partial charge in [-0.1, -0.05) is 54.6 Å². The molecule has 4 aromatic carbocycles. The van der Waals surface area contributed by atoms with Crippen LogP contribution in [-0.2, 0) is 22.6 Å². The summed E-state index contributed by atoms with van der Waals surface area (Å²) in [6.07, 6.45) is 1.07. The number of halogens is 1. The fraction of sp³-hybridized carbons (Fsp3) is 0.235. The Morgan fingerprint density at radius 3 is 2.36 bits per heavy atom. The molecular weight excluding hydrogens is 533 g/mol. The van der Waals surface area contributed by atoms with Gasteiger partial charge in [-0.05, 0) is 65.6 Å². The predicted molar refractivity (Wildman–Crippen MR) is 161 cm³/mol. The standard InChI is InChI=1S/C34H34FN3O4/c1-41-30-17-12-26(22-31(30)42-2)33(34(40)36-23-24-8-4-3-5-9-24)38(28-15-13-27(35)14-16-28)32(39)19-21-37-20-18-25-10-6-7-11-29(25)37/h3-17,22,33H,18-21,23H2,1-2H3,(H,36,40)/t33-/m0/s1. The van der Waals surface area contributed by atoms with Crippen molar-refractivity contribution in [3.8, 4) is 11.5 Å². The van der Waals surface area contributed by atoms with Crippen LogP contribution in [0.3, 0.4) is 0 Å². The lowest BCUT2D eigenvalue weighted by Gasteiger charge is -2.32. The molecule has 1 aliphatic heterocycles. The van der Waals surface area contributed by atoms with E-state index in [4.69, 9.17) is 9.47 Å². The Balaban J connectivity index is 1.50. The third kappa shape index (κ3) is 6.38. The van der Waals surface area contributed by atoms with E-state index in [0.717, 1.165) is 24.2 Å². The fourth-order valence-electron chi connectivity index (χ4n) is 5.35. The zero-order valence-corrected chi connectivity index (χ0v) is 23.8. The number of methoxy groups -OCH3 is 2. The highest BCUT2D eigenvalue weighted by atomic mass is 19.1. The maximum Gasteiger partial charge on any atom is 0.248 e. The minimum absolute atomic E-state index is 0.154. The molecule has 0 aromatic heterocycles. The minimum Gasteiger partial charge on any atom is -0.493 e. The molecule has 0 aliphatic carbocycles. The lowest BCUT2D eigenvalue weighted by Crippen LogP contribution is -2.44. The van der Waals surface area contributed by atoms with Gasteiger partial charge in [0.1, 0.15) is 11.9 Å². The summed E-state index contributed by atoms with van der Waals surface area (Å²) in [4.78, 5) is 31.8. The van der Waals surface area contributed by atoms with Gasteiger partial charge < -0.3 is 19.7 Å². The molecule has 4 aromatic rings. The summed E-state index contributed by atoms with van der Waals surface area (Å²) in [5, 5.41) is 3.00. The largest absolute Gasteiger partial charge is 0.493 e. The van der Waals surface area contributed by atoms with Crippen molar-refractivity contribution >= 4 is 23.2 Å². The number of nitrogens with zero attached hydrogens (tertiary/aromatic N) is 2. The van der Waals surface area contributed by atoms with Crippen LogP contribution >= 0.6 is 0 Å². The quantitative estimate of drug-likeness (QED) is 0.252. The molecule has 0 fully saturated rings. The molecule has 0 saturated carbocycles. The molecule has 5 rings (SSSR count). The number of amides is 2. The average molecular weight is 568 g/mol. The van der Waals surface area contributed by atoms with Crippen LogP contribution in [0.4, 0.5) is 15.8 Å². The number of nitrogens with one attached hydrogen (secondary N) is 1. The Kier molecular flexibility index (Phi) is 9.02. The maximum absolute atomic E-state index is 14.1. The molecule has 2 amide bonds. The SMILES string of the molecule is COc1ccc([C@@H](C(=O)NCc2ccccc2)N(C(=O)CCN2CCc3ccccc32)c2ccc(F)cc2)cc1OC. The average Bonchev–Trinajstić information content (AvgIpc) is 3.45. The van der Waals surface area contributed by atoms with E-state index in [1.165, 1.54) is 48.9 Å². The molecule has 1 aliphatic rings. The number of para-hydroxylation sites is 1. The van der Waals surface area contributed by atoms with Gasteiger partial charge in [0, 0.05) is 37.4 Å². The van der Waals surface area contributed by atoms with E-state index in [1.807, 2.05) is 42.5 Å². The Labute approximate surface area is 245 Å². The van der Waals surface area contributed by atoms with E-state index >= 15 is 0 Å². The molecule has 42 heavy (non-hydrogen) atoms. The zero-order chi connectivity index (χ0) is 29.5. The summed E-state index contributed by atoms with van der Waals surface area (Å²) in [7, 11) is 3.05. The molecule has 0 radical (unpaired) electrons. The number of carbonyl (C=O) groups is 2. The maximum atomic E-state index is 14.1. The van der Waals surface area contributed by atoms with Crippen molar-refractivity contribution in [1.82, 2.24) is 5.32 Å². The summed E-state index contributed by atoms with van der Waals surface area (Å²) in [5.74, 6) is -0.153. The minimum atomic E-state index is -1.06. The number of hydrogen-bond acceptors (Lipinski definition) is 5.